The molecule has 102 valence electrons. The summed E-state index contributed by atoms with van der Waals surface area (Å²) in [6.45, 7) is 1.49. The summed E-state index contributed by atoms with van der Waals surface area (Å²) in [6, 6.07) is 3.53. The monoisotopic (exact) mass is 336 g/mol. The zero-order chi connectivity index (χ0) is 13.2. The van der Waals surface area contributed by atoms with Gasteiger partial charge in [-0.3, -0.25) is 0 Å². The molecular formula is C11H17BrN2O3S. The third-order valence-corrected chi connectivity index (χ3v) is 5.40. The van der Waals surface area contributed by atoms with E-state index in [1.807, 2.05) is 0 Å². The Bertz CT molecular complexity index is 494. The van der Waals surface area contributed by atoms with Gasteiger partial charge in [0.1, 0.15) is 5.76 Å². The van der Waals surface area contributed by atoms with Gasteiger partial charge in [0.25, 0.3) is 10.2 Å². The molecule has 0 spiro atoms. The lowest BCUT2D eigenvalue weighted by atomic mass is 10.2. The van der Waals surface area contributed by atoms with E-state index in [1.54, 1.807) is 23.5 Å². The number of hydrogen-bond acceptors (Lipinski definition) is 3. The van der Waals surface area contributed by atoms with Crippen LogP contribution in [0.15, 0.2) is 21.2 Å². The number of furan rings is 1. The molecule has 0 amide bonds. The van der Waals surface area contributed by atoms with Crippen LogP contribution in [-0.4, -0.2) is 37.2 Å². The van der Waals surface area contributed by atoms with Crippen LogP contribution in [0.1, 0.15) is 25.0 Å². The van der Waals surface area contributed by atoms with Crippen LogP contribution in [-0.2, 0) is 16.8 Å². The minimum Gasteiger partial charge on any atom is -0.453 e. The molecule has 0 bridgehead atoms. The van der Waals surface area contributed by atoms with Crippen molar-refractivity contribution in [2.45, 2.75) is 25.8 Å². The molecule has 7 heteroatoms. The van der Waals surface area contributed by atoms with Gasteiger partial charge in [-0.05, 0) is 40.9 Å². The summed E-state index contributed by atoms with van der Waals surface area (Å²) in [4.78, 5) is 0. The summed E-state index contributed by atoms with van der Waals surface area (Å²) < 4.78 is 33.4. The van der Waals surface area contributed by atoms with Crippen molar-refractivity contribution in [3.05, 3.63) is 22.6 Å². The van der Waals surface area contributed by atoms with Crippen LogP contribution in [0.4, 0.5) is 0 Å². The predicted octanol–water partition coefficient (Wildman–Crippen LogP) is 2.20. The summed E-state index contributed by atoms with van der Waals surface area (Å²) in [5, 5.41) is 0. The van der Waals surface area contributed by atoms with Crippen molar-refractivity contribution in [2.75, 3.05) is 20.1 Å². The number of nitrogens with zero attached hydrogens (tertiary/aromatic N) is 2. The molecule has 1 aromatic heterocycles. The quantitative estimate of drug-likeness (QED) is 0.846. The van der Waals surface area contributed by atoms with E-state index in [0.29, 0.717) is 23.5 Å². The maximum Gasteiger partial charge on any atom is 0.282 e. The third kappa shape index (κ3) is 3.14. The predicted molar refractivity (Wildman–Crippen MR) is 72.2 cm³/mol. The van der Waals surface area contributed by atoms with E-state index in [4.69, 9.17) is 4.42 Å². The van der Waals surface area contributed by atoms with Crippen molar-refractivity contribution in [3.63, 3.8) is 0 Å². The van der Waals surface area contributed by atoms with Crippen LogP contribution in [0.2, 0.25) is 0 Å². The van der Waals surface area contributed by atoms with Gasteiger partial charge in [-0.1, -0.05) is 6.42 Å². The van der Waals surface area contributed by atoms with Crippen LogP contribution in [0, 0.1) is 0 Å². The Balaban J connectivity index is 2.04. The first kappa shape index (κ1) is 14.0. The average molecular weight is 337 g/mol. The molecule has 0 unspecified atom stereocenters. The van der Waals surface area contributed by atoms with E-state index >= 15 is 0 Å². The lowest BCUT2D eigenvalue weighted by Crippen LogP contribution is -2.43. The highest BCUT2D eigenvalue weighted by molar-refractivity contribution is 9.10. The molecule has 1 fully saturated rings. The van der Waals surface area contributed by atoms with Gasteiger partial charge in [0, 0.05) is 20.1 Å². The van der Waals surface area contributed by atoms with Gasteiger partial charge in [-0.25, -0.2) is 0 Å². The molecular weight excluding hydrogens is 320 g/mol. The number of hydrogen-bond donors (Lipinski definition) is 0. The highest BCUT2D eigenvalue weighted by atomic mass is 79.9. The molecule has 0 saturated carbocycles. The van der Waals surface area contributed by atoms with Gasteiger partial charge < -0.3 is 4.42 Å². The fourth-order valence-electron chi connectivity index (χ4n) is 2.03. The molecule has 1 aliphatic heterocycles. The zero-order valence-electron chi connectivity index (χ0n) is 10.3. The zero-order valence-corrected chi connectivity index (χ0v) is 12.7. The largest absolute Gasteiger partial charge is 0.453 e. The second-order valence-electron chi connectivity index (χ2n) is 4.43. The third-order valence-electron chi connectivity index (χ3n) is 3.04. The maximum absolute atomic E-state index is 12.3. The topological polar surface area (TPSA) is 53.8 Å². The molecule has 2 rings (SSSR count). The maximum atomic E-state index is 12.3. The van der Waals surface area contributed by atoms with Crippen molar-refractivity contribution in [3.8, 4) is 0 Å². The summed E-state index contributed by atoms with van der Waals surface area (Å²) >= 11 is 3.20. The van der Waals surface area contributed by atoms with Crippen LogP contribution < -0.4 is 0 Å². The molecule has 18 heavy (non-hydrogen) atoms. The molecule has 1 aliphatic rings. The molecule has 0 radical (unpaired) electrons. The van der Waals surface area contributed by atoms with E-state index < -0.39 is 10.2 Å². The van der Waals surface area contributed by atoms with Gasteiger partial charge >= 0.3 is 0 Å². The van der Waals surface area contributed by atoms with Crippen LogP contribution in [0.25, 0.3) is 0 Å². The Morgan fingerprint density at radius 1 is 1.33 bits per heavy atom. The second kappa shape index (κ2) is 5.73. The molecule has 2 heterocycles. The Morgan fingerprint density at radius 2 is 2.00 bits per heavy atom. The lowest BCUT2D eigenvalue weighted by molar-refractivity contribution is 0.306. The first-order chi connectivity index (χ1) is 8.50. The SMILES string of the molecule is CN(Cc1ccc(Br)o1)S(=O)(=O)N1CCCCC1. The first-order valence-corrected chi connectivity index (χ1v) is 8.15. The van der Waals surface area contributed by atoms with Crippen molar-refractivity contribution in [1.82, 2.24) is 8.61 Å². The Kier molecular flexibility index (Phi) is 4.47. The molecule has 0 atom stereocenters. The smallest absolute Gasteiger partial charge is 0.282 e. The van der Waals surface area contributed by atoms with Gasteiger partial charge in [0.2, 0.25) is 0 Å². The molecule has 0 aliphatic carbocycles. The van der Waals surface area contributed by atoms with Crippen molar-refractivity contribution in [1.29, 1.82) is 0 Å². The Labute approximate surface area is 116 Å². The Hall–Kier alpha value is -0.370. The van der Waals surface area contributed by atoms with Crippen molar-refractivity contribution in [2.24, 2.45) is 0 Å². The highest BCUT2D eigenvalue weighted by Crippen LogP contribution is 2.19. The summed E-state index contributed by atoms with van der Waals surface area (Å²) in [5.74, 6) is 0.630. The Morgan fingerprint density at radius 3 is 2.56 bits per heavy atom. The molecule has 5 nitrogen and oxygen atoms in total. The minimum absolute atomic E-state index is 0.254. The number of rotatable bonds is 4. The fraction of sp³-hybridized carbons (Fsp3) is 0.636. The average Bonchev–Trinajstić information content (AvgIpc) is 2.76. The molecule has 1 saturated heterocycles. The van der Waals surface area contributed by atoms with Crippen molar-refractivity contribution >= 4 is 26.1 Å². The van der Waals surface area contributed by atoms with E-state index in [2.05, 4.69) is 15.9 Å². The first-order valence-electron chi connectivity index (χ1n) is 5.96. The van der Waals surface area contributed by atoms with Gasteiger partial charge in [-0.2, -0.15) is 17.0 Å². The normalized spacial score (nSPS) is 18.4. The summed E-state index contributed by atoms with van der Waals surface area (Å²) in [6.07, 6.45) is 3.00. The van der Waals surface area contributed by atoms with Gasteiger partial charge in [0.05, 0.1) is 6.54 Å². The van der Waals surface area contributed by atoms with Gasteiger partial charge in [0.15, 0.2) is 4.67 Å². The van der Waals surface area contributed by atoms with Gasteiger partial charge in [-0.15, -0.1) is 0 Å². The van der Waals surface area contributed by atoms with Crippen LogP contribution >= 0.6 is 15.9 Å². The van der Waals surface area contributed by atoms with Crippen LogP contribution in [0.3, 0.4) is 0 Å². The lowest BCUT2D eigenvalue weighted by Gasteiger charge is -2.29. The van der Waals surface area contributed by atoms with E-state index in [1.165, 1.54) is 4.31 Å². The standard InChI is InChI=1S/C11H17BrN2O3S/c1-13(9-10-5-6-11(12)17-10)18(15,16)14-7-3-2-4-8-14/h5-6H,2-4,7-9H2,1H3. The number of halogens is 1. The van der Waals surface area contributed by atoms with E-state index in [9.17, 15) is 8.42 Å². The summed E-state index contributed by atoms with van der Waals surface area (Å²) in [5.41, 5.74) is 0. The van der Waals surface area contributed by atoms with E-state index in [-0.39, 0.29) is 6.54 Å². The minimum atomic E-state index is -3.36. The molecule has 1 aromatic rings. The fourth-order valence-corrected chi connectivity index (χ4v) is 3.77. The highest BCUT2D eigenvalue weighted by Gasteiger charge is 2.28. The second-order valence-corrected chi connectivity index (χ2v) is 7.25. The molecule has 0 N–H and O–H groups in total. The van der Waals surface area contributed by atoms with Crippen molar-refractivity contribution < 1.29 is 12.8 Å². The number of piperidine rings is 1. The van der Waals surface area contributed by atoms with Crippen LogP contribution in [0.5, 0.6) is 0 Å². The van der Waals surface area contributed by atoms with E-state index in [0.717, 1.165) is 19.3 Å². The molecule has 0 aromatic carbocycles. The summed E-state index contributed by atoms with van der Waals surface area (Å²) in [7, 11) is -1.78.